The number of benzene rings is 3. The topological polar surface area (TPSA) is 97.0 Å². The quantitative estimate of drug-likeness (QED) is 0.453. The smallest absolute Gasteiger partial charge is 0.257 e. The van der Waals surface area contributed by atoms with Gasteiger partial charge in [0, 0.05) is 12.1 Å². The number of amides is 2. The molecule has 3 aromatic rings. The summed E-state index contributed by atoms with van der Waals surface area (Å²) in [6.45, 7) is 6.74. The Bertz CT molecular complexity index is 1240. The Labute approximate surface area is 212 Å². The maximum Gasteiger partial charge on any atom is 0.257 e. The molecule has 0 saturated heterocycles. The summed E-state index contributed by atoms with van der Waals surface area (Å²) in [5, 5.41) is 2.94. The zero-order valence-corrected chi connectivity index (χ0v) is 20.9. The summed E-state index contributed by atoms with van der Waals surface area (Å²) >= 11 is 0. The third-order valence-electron chi connectivity index (χ3n) is 6.06. The number of aliphatic imine (C=N–C) groups is 1. The van der Waals surface area contributed by atoms with Gasteiger partial charge in [0.25, 0.3) is 11.8 Å². The van der Waals surface area contributed by atoms with Gasteiger partial charge in [0.1, 0.15) is 17.0 Å². The molecule has 1 aliphatic heterocycles. The van der Waals surface area contributed by atoms with E-state index >= 15 is 0 Å². The highest BCUT2D eigenvalue weighted by atomic mass is 16.5. The monoisotopic (exact) mass is 484 g/mol. The number of nitrogens with one attached hydrogen (secondary N) is 1. The Kier molecular flexibility index (Phi) is 7.38. The molecule has 1 heterocycles. The van der Waals surface area contributed by atoms with Gasteiger partial charge < -0.3 is 15.8 Å². The fourth-order valence-corrected chi connectivity index (χ4v) is 4.36. The van der Waals surface area contributed by atoms with Gasteiger partial charge in [0.15, 0.2) is 5.96 Å². The van der Waals surface area contributed by atoms with Crippen molar-refractivity contribution in [3.8, 4) is 11.5 Å². The van der Waals surface area contributed by atoms with E-state index in [1.54, 1.807) is 29.2 Å². The lowest BCUT2D eigenvalue weighted by molar-refractivity contribution is -0.131. The van der Waals surface area contributed by atoms with E-state index in [4.69, 9.17) is 10.5 Å². The molecule has 0 fully saturated rings. The van der Waals surface area contributed by atoms with Crippen LogP contribution < -0.4 is 15.8 Å². The maximum absolute atomic E-state index is 12.9. The number of nitrogens with zero attached hydrogens (tertiary/aromatic N) is 2. The van der Waals surface area contributed by atoms with Crippen LogP contribution in [0.1, 0.15) is 48.7 Å². The first kappa shape index (κ1) is 25.0. The molecule has 2 amide bonds. The molecule has 0 aromatic heterocycles. The van der Waals surface area contributed by atoms with Crippen LogP contribution >= 0.6 is 0 Å². The first-order chi connectivity index (χ1) is 17.2. The normalized spacial score (nSPS) is 17.3. The molecule has 1 aliphatic rings. The van der Waals surface area contributed by atoms with Gasteiger partial charge in [0.2, 0.25) is 0 Å². The second-order valence-electron chi connectivity index (χ2n) is 9.67. The minimum atomic E-state index is -0.797. The van der Waals surface area contributed by atoms with Gasteiger partial charge in [0.05, 0.1) is 6.54 Å². The standard InChI is InChI=1S/C29H32N4O3/c1-20(2)17-29(3)27(35)33(28(30)32-29)19-22-11-9-21(10-12-22)18-31-26(34)23-13-15-25(16-14-23)36-24-7-5-4-6-8-24/h4-16,20H,17-19H2,1-3H3,(H2,30,32)(H,31,34). The molecule has 0 spiro atoms. The highest BCUT2D eigenvalue weighted by Gasteiger charge is 2.43. The average Bonchev–Trinajstić information content (AvgIpc) is 3.06. The molecule has 3 N–H and O–H groups in total. The molecule has 1 atom stereocenters. The fourth-order valence-electron chi connectivity index (χ4n) is 4.36. The Balaban J connectivity index is 1.29. The molecule has 186 valence electrons. The molecule has 3 aromatic carbocycles. The van der Waals surface area contributed by atoms with Crippen molar-refractivity contribution >= 4 is 17.8 Å². The van der Waals surface area contributed by atoms with Crippen molar-refractivity contribution in [2.75, 3.05) is 0 Å². The van der Waals surface area contributed by atoms with Crippen LogP contribution in [0.25, 0.3) is 0 Å². The summed E-state index contributed by atoms with van der Waals surface area (Å²) in [5.41, 5.74) is 7.74. The SMILES string of the molecule is CC(C)CC1(C)N=C(N)N(Cc2ccc(CNC(=O)c3ccc(Oc4ccccc4)cc3)cc2)C1=O. The van der Waals surface area contributed by atoms with Gasteiger partial charge in [-0.15, -0.1) is 0 Å². The predicted molar refractivity (Wildman–Crippen MR) is 141 cm³/mol. The molecule has 7 heteroatoms. The lowest BCUT2D eigenvalue weighted by atomic mass is 9.91. The molecule has 4 rings (SSSR count). The number of nitrogens with two attached hydrogens (primary N) is 1. The number of rotatable bonds is 9. The fraction of sp³-hybridized carbons (Fsp3) is 0.276. The van der Waals surface area contributed by atoms with Crippen LogP contribution in [0.5, 0.6) is 11.5 Å². The van der Waals surface area contributed by atoms with Gasteiger partial charge >= 0.3 is 0 Å². The summed E-state index contributed by atoms with van der Waals surface area (Å²) in [7, 11) is 0. The largest absolute Gasteiger partial charge is 0.457 e. The lowest BCUT2D eigenvalue weighted by Gasteiger charge is -2.23. The lowest BCUT2D eigenvalue weighted by Crippen LogP contribution is -2.43. The van der Waals surface area contributed by atoms with Crippen molar-refractivity contribution in [3.05, 3.63) is 95.6 Å². The van der Waals surface area contributed by atoms with Gasteiger partial charge in [-0.05, 0) is 66.8 Å². The van der Waals surface area contributed by atoms with Crippen molar-refractivity contribution in [3.63, 3.8) is 0 Å². The zero-order valence-electron chi connectivity index (χ0n) is 20.9. The summed E-state index contributed by atoms with van der Waals surface area (Å²) in [6.07, 6.45) is 0.657. The van der Waals surface area contributed by atoms with Crippen molar-refractivity contribution in [2.24, 2.45) is 16.6 Å². The van der Waals surface area contributed by atoms with E-state index in [1.807, 2.05) is 61.5 Å². The summed E-state index contributed by atoms with van der Waals surface area (Å²) in [4.78, 5) is 31.5. The first-order valence-electron chi connectivity index (χ1n) is 12.1. The average molecular weight is 485 g/mol. The highest BCUT2D eigenvalue weighted by Crippen LogP contribution is 2.29. The molecule has 0 radical (unpaired) electrons. The number of guanidine groups is 1. The molecule has 1 unspecified atom stereocenters. The minimum absolute atomic E-state index is 0.0646. The molecule has 7 nitrogen and oxygen atoms in total. The third kappa shape index (κ3) is 5.92. The number of carbonyl (C=O) groups is 2. The van der Waals surface area contributed by atoms with Crippen LogP contribution in [-0.4, -0.2) is 28.2 Å². The number of para-hydroxylation sites is 1. The van der Waals surface area contributed by atoms with E-state index in [0.29, 0.717) is 36.7 Å². The molecule has 36 heavy (non-hydrogen) atoms. The number of carbonyl (C=O) groups excluding carboxylic acids is 2. The van der Waals surface area contributed by atoms with Crippen molar-refractivity contribution < 1.29 is 14.3 Å². The van der Waals surface area contributed by atoms with Crippen LogP contribution in [0.15, 0.2) is 83.9 Å². The number of ether oxygens (including phenoxy) is 1. The molecular formula is C29H32N4O3. The van der Waals surface area contributed by atoms with E-state index in [9.17, 15) is 9.59 Å². The van der Waals surface area contributed by atoms with Crippen LogP contribution in [0.2, 0.25) is 0 Å². The van der Waals surface area contributed by atoms with E-state index in [-0.39, 0.29) is 17.8 Å². The number of hydrogen-bond donors (Lipinski definition) is 2. The molecule has 0 bridgehead atoms. The second kappa shape index (κ2) is 10.6. The summed E-state index contributed by atoms with van der Waals surface area (Å²) in [5.74, 6) is 1.78. The van der Waals surface area contributed by atoms with Gasteiger partial charge in [-0.3, -0.25) is 14.5 Å². The van der Waals surface area contributed by atoms with Crippen LogP contribution in [0, 0.1) is 5.92 Å². The van der Waals surface area contributed by atoms with Crippen molar-refractivity contribution in [1.29, 1.82) is 0 Å². The van der Waals surface area contributed by atoms with Crippen LogP contribution in [-0.2, 0) is 17.9 Å². The summed E-state index contributed by atoms with van der Waals surface area (Å²) < 4.78 is 5.77. The minimum Gasteiger partial charge on any atom is -0.457 e. The van der Waals surface area contributed by atoms with Crippen molar-refractivity contribution in [1.82, 2.24) is 10.2 Å². The first-order valence-corrected chi connectivity index (χ1v) is 12.1. The van der Waals surface area contributed by atoms with Gasteiger partial charge in [-0.2, -0.15) is 0 Å². The maximum atomic E-state index is 12.9. The van der Waals surface area contributed by atoms with E-state index in [2.05, 4.69) is 24.2 Å². The number of hydrogen-bond acceptors (Lipinski definition) is 5. The van der Waals surface area contributed by atoms with Gasteiger partial charge in [-0.25, -0.2) is 4.99 Å². The summed E-state index contributed by atoms with van der Waals surface area (Å²) in [6, 6.07) is 24.3. The van der Waals surface area contributed by atoms with E-state index in [0.717, 1.165) is 16.9 Å². The van der Waals surface area contributed by atoms with Gasteiger partial charge in [-0.1, -0.05) is 56.3 Å². The highest BCUT2D eigenvalue weighted by molar-refractivity contribution is 6.06. The second-order valence-corrected chi connectivity index (χ2v) is 9.67. The third-order valence-corrected chi connectivity index (χ3v) is 6.06. The van der Waals surface area contributed by atoms with Crippen LogP contribution in [0.3, 0.4) is 0 Å². The Morgan fingerprint density at radius 3 is 2.22 bits per heavy atom. The van der Waals surface area contributed by atoms with Crippen molar-refractivity contribution in [2.45, 2.75) is 45.8 Å². The Morgan fingerprint density at radius 1 is 0.972 bits per heavy atom. The zero-order chi connectivity index (χ0) is 25.7. The Morgan fingerprint density at radius 2 is 1.58 bits per heavy atom. The molecular weight excluding hydrogens is 452 g/mol. The predicted octanol–water partition coefficient (Wildman–Crippen LogP) is 4.87. The van der Waals surface area contributed by atoms with E-state index in [1.165, 1.54) is 0 Å². The Hall–Kier alpha value is -4.13. The van der Waals surface area contributed by atoms with E-state index < -0.39 is 5.54 Å². The molecule has 0 saturated carbocycles. The molecule has 0 aliphatic carbocycles. The van der Waals surface area contributed by atoms with Crippen LogP contribution in [0.4, 0.5) is 0 Å².